The molecule has 1 atom stereocenters. The molecule has 2 heterocycles. The molecule has 1 aliphatic rings. The summed E-state index contributed by atoms with van der Waals surface area (Å²) in [4.78, 5) is 12.1. The van der Waals surface area contributed by atoms with Crippen molar-refractivity contribution in [3.63, 3.8) is 0 Å². The molecule has 0 aromatic carbocycles. The maximum absolute atomic E-state index is 12.1. The molecule has 182 valence electrons. The van der Waals surface area contributed by atoms with Gasteiger partial charge in [-0.2, -0.15) is 0 Å². The van der Waals surface area contributed by atoms with Crippen LogP contribution in [0.5, 0.6) is 5.75 Å². The third-order valence-electron chi connectivity index (χ3n) is 6.31. The number of ether oxygens (including phenoxy) is 2. The average Bonchev–Trinajstić information content (AvgIpc) is 2.81. The number of rotatable bonds is 18. The van der Waals surface area contributed by atoms with Gasteiger partial charge < -0.3 is 14.0 Å². The topological polar surface area (TPSA) is 40.5 Å². The number of hydrogen-bond acceptors (Lipinski definition) is 3. The first-order valence-corrected chi connectivity index (χ1v) is 13.5. The van der Waals surface area contributed by atoms with Gasteiger partial charge in [-0.15, -0.1) is 0 Å². The number of allylic oxidation sites excluding steroid dienone is 1. The molecule has 4 heteroatoms. The first-order chi connectivity index (χ1) is 15.8. The molecular weight excluding hydrogens is 398 g/mol. The second-order valence-corrected chi connectivity index (χ2v) is 9.30. The molecule has 0 aliphatic carbocycles. The lowest BCUT2D eigenvalue weighted by atomic mass is 10.0. The Hall–Kier alpha value is -1.55. The van der Waals surface area contributed by atoms with Crippen molar-refractivity contribution in [1.29, 1.82) is 0 Å². The highest BCUT2D eigenvalue weighted by molar-refractivity contribution is 5.28. The van der Waals surface area contributed by atoms with E-state index in [1.807, 2.05) is 10.8 Å². The Labute approximate surface area is 196 Å². The molecular formula is C28H47NO3. The van der Waals surface area contributed by atoms with Gasteiger partial charge in [-0.3, -0.25) is 4.79 Å². The SMILES string of the molecule is CCCCCCCCCCCCCCCCC=Cn1ccc(=O)c(OC2CCCCO2)c1. The van der Waals surface area contributed by atoms with E-state index in [9.17, 15) is 4.79 Å². The minimum atomic E-state index is -0.285. The van der Waals surface area contributed by atoms with Crippen LogP contribution in [0.15, 0.2) is 29.3 Å². The second-order valence-electron chi connectivity index (χ2n) is 9.30. The Morgan fingerprint density at radius 3 is 2.16 bits per heavy atom. The first-order valence-electron chi connectivity index (χ1n) is 13.5. The smallest absolute Gasteiger partial charge is 0.223 e. The van der Waals surface area contributed by atoms with E-state index in [0.717, 1.165) is 25.7 Å². The van der Waals surface area contributed by atoms with Crippen molar-refractivity contribution in [2.24, 2.45) is 0 Å². The molecule has 1 aromatic heterocycles. The summed E-state index contributed by atoms with van der Waals surface area (Å²) in [6, 6.07) is 1.56. The summed E-state index contributed by atoms with van der Waals surface area (Å²) in [6.45, 7) is 3.00. The Morgan fingerprint density at radius 1 is 0.938 bits per heavy atom. The van der Waals surface area contributed by atoms with Crippen LogP contribution in [0, 0.1) is 0 Å². The van der Waals surface area contributed by atoms with Gasteiger partial charge in [0.25, 0.3) is 0 Å². The van der Waals surface area contributed by atoms with Crippen LogP contribution in [0.4, 0.5) is 0 Å². The largest absolute Gasteiger partial charge is 0.459 e. The Bertz CT molecular complexity index is 661. The minimum absolute atomic E-state index is 0.0872. The van der Waals surface area contributed by atoms with Crippen LogP contribution in [0.2, 0.25) is 0 Å². The van der Waals surface area contributed by atoms with Crippen molar-refractivity contribution < 1.29 is 9.47 Å². The van der Waals surface area contributed by atoms with Crippen LogP contribution in [-0.4, -0.2) is 17.5 Å². The van der Waals surface area contributed by atoms with E-state index in [1.54, 1.807) is 18.5 Å². The summed E-state index contributed by atoms with van der Waals surface area (Å²) in [7, 11) is 0. The van der Waals surface area contributed by atoms with Crippen LogP contribution in [0.25, 0.3) is 6.20 Å². The quantitative estimate of drug-likeness (QED) is 0.214. The zero-order chi connectivity index (χ0) is 22.7. The van der Waals surface area contributed by atoms with Gasteiger partial charge in [0.1, 0.15) is 0 Å². The van der Waals surface area contributed by atoms with Crippen LogP contribution >= 0.6 is 0 Å². The van der Waals surface area contributed by atoms with E-state index < -0.39 is 0 Å². The van der Waals surface area contributed by atoms with E-state index in [0.29, 0.717) is 12.4 Å². The van der Waals surface area contributed by atoms with Gasteiger partial charge in [-0.05, 0) is 25.7 Å². The van der Waals surface area contributed by atoms with Gasteiger partial charge in [0, 0.05) is 24.9 Å². The number of pyridine rings is 1. The lowest BCUT2D eigenvalue weighted by Gasteiger charge is -2.23. The number of aromatic nitrogens is 1. The van der Waals surface area contributed by atoms with Gasteiger partial charge in [-0.1, -0.05) is 96.5 Å². The number of nitrogens with zero attached hydrogens (tertiary/aromatic N) is 1. The summed E-state index contributed by atoms with van der Waals surface area (Å²) in [5, 5.41) is 0. The summed E-state index contributed by atoms with van der Waals surface area (Å²) < 4.78 is 13.3. The van der Waals surface area contributed by atoms with Crippen molar-refractivity contribution >= 4 is 6.20 Å². The molecule has 0 saturated carbocycles. The summed E-state index contributed by atoms with van der Waals surface area (Å²) in [5.74, 6) is 0.376. The average molecular weight is 446 g/mol. The summed E-state index contributed by atoms with van der Waals surface area (Å²) in [6.07, 6.45) is 31.0. The maximum Gasteiger partial charge on any atom is 0.223 e. The predicted molar refractivity (Wildman–Crippen MR) is 135 cm³/mol. The molecule has 0 radical (unpaired) electrons. The van der Waals surface area contributed by atoms with Gasteiger partial charge in [0.15, 0.2) is 12.0 Å². The highest BCUT2D eigenvalue weighted by atomic mass is 16.7. The molecule has 0 amide bonds. The summed E-state index contributed by atoms with van der Waals surface area (Å²) >= 11 is 0. The Balaban J connectivity index is 1.46. The fourth-order valence-corrected chi connectivity index (χ4v) is 4.26. The van der Waals surface area contributed by atoms with Gasteiger partial charge in [0.2, 0.25) is 5.43 Å². The zero-order valence-corrected chi connectivity index (χ0v) is 20.6. The van der Waals surface area contributed by atoms with E-state index >= 15 is 0 Å². The van der Waals surface area contributed by atoms with Crippen molar-refractivity contribution in [3.05, 3.63) is 34.8 Å². The van der Waals surface area contributed by atoms with Crippen LogP contribution in [-0.2, 0) is 4.74 Å². The van der Waals surface area contributed by atoms with E-state index in [-0.39, 0.29) is 11.7 Å². The Morgan fingerprint density at radius 2 is 1.56 bits per heavy atom. The van der Waals surface area contributed by atoms with Crippen molar-refractivity contribution in [1.82, 2.24) is 4.57 Å². The highest BCUT2D eigenvalue weighted by Gasteiger charge is 2.16. The van der Waals surface area contributed by atoms with Crippen LogP contribution in [0.3, 0.4) is 0 Å². The number of hydrogen-bond donors (Lipinski definition) is 0. The lowest BCUT2D eigenvalue weighted by molar-refractivity contribution is -0.106. The third kappa shape index (κ3) is 12.5. The molecule has 1 aliphatic heterocycles. The fourth-order valence-electron chi connectivity index (χ4n) is 4.26. The standard InChI is InChI=1S/C28H47NO3/c1-2-3-4-5-6-7-8-9-10-11-12-13-14-15-16-18-22-29-23-21-26(30)27(25-29)32-28-20-17-19-24-31-28/h18,21-23,25,28H,2-17,19-20,24H2,1H3. The van der Waals surface area contributed by atoms with E-state index in [4.69, 9.17) is 9.47 Å². The fraction of sp³-hybridized carbons (Fsp3) is 0.750. The van der Waals surface area contributed by atoms with Crippen LogP contribution in [0.1, 0.15) is 122 Å². The molecule has 1 fully saturated rings. The molecule has 0 N–H and O–H groups in total. The molecule has 1 aromatic rings. The monoisotopic (exact) mass is 445 g/mol. The van der Waals surface area contributed by atoms with Crippen molar-refractivity contribution in [2.75, 3.05) is 6.61 Å². The molecule has 32 heavy (non-hydrogen) atoms. The van der Waals surface area contributed by atoms with Crippen LogP contribution < -0.4 is 10.2 Å². The maximum atomic E-state index is 12.1. The van der Waals surface area contributed by atoms with Gasteiger partial charge in [0.05, 0.1) is 12.8 Å². The molecule has 4 nitrogen and oxygen atoms in total. The Kier molecular flexibility index (Phi) is 15.0. The second kappa shape index (κ2) is 17.9. The van der Waals surface area contributed by atoms with Gasteiger partial charge in [-0.25, -0.2) is 0 Å². The van der Waals surface area contributed by atoms with Crippen molar-refractivity contribution in [2.45, 2.75) is 129 Å². The van der Waals surface area contributed by atoms with Gasteiger partial charge >= 0.3 is 0 Å². The molecule has 2 rings (SSSR count). The first kappa shape index (κ1) is 26.7. The summed E-state index contributed by atoms with van der Waals surface area (Å²) in [5.41, 5.74) is -0.0872. The minimum Gasteiger partial charge on any atom is -0.459 e. The van der Waals surface area contributed by atoms with E-state index in [2.05, 4.69) is 13.0 Å². The molecule has 1 saturated heterocycles. The lowest BCUT2D eigenvalue weighted by Crippen LogP contribution is -2.27. The predicted octanol–water partition coefficient (Wildman–Crippen LogP) is 8.10. The highest BCUT2D eigenvalue weighted by Crippen LogP contribution is 2.17. The zero-order valence-electron chi connectivity index (χ0n) is 20.6. The van der Waals surface area contributed by atoms with E-state index in [1.165, 1.54) is 89.9 Å². The third-order valence-corrected chi connectivity index (χ3v) is 6.31. The molecule has 1 unspecified atom stereocenters. The number of unbranched alkanes of at least 4 members (excludes halogenated alkanes) is 14. The molecule has 0 spiro atoms. The van der Waals surface area contributed by atoms with Crippen molar-refractivity contribution in [3.8, 4) is 5.75 Å². The molecule has 0 bridgehead atoms. The normalized spacial score (nSPS) is 16.6.